The van der Waals surface area contributed by atoms with Gasteiger partial charge >= 0.3 is 5.97 Å². The van der Waals surface area contributed by atoms with Gasteiger partial charge in [0.15, 0.2) is 0 Å². The zero-order chi connectivity index (χ0) is 14.9. The number of carbonyl (C=O) groups is 2. The zero-order valence-corrected chi connectivity index (χ0v) is 12.3. The molecule has 20 heavy (non-hydrogen) atoms. The first-order valence-electron chi connectivity index (χ1n) is 7.66. The quantitative estimate of drug-likeness (QED) is 0.683. The second-order valence-corrected chi connectivity index (χ2v) is 6.85. The van der Waals surface area contributed by atoms with Gasteiger partial charge in [0.1, 0.15) is 0 Å². The van der Waals surface area contributed by atoms with Gasteiger partial charge in [-0.15, -0.1) is 0 Å². The van der Waals surface area contributed by atoms with E-state index in [0.29, 0.717) is 24.2 Å². The molecule has 2 bridgehead atoms. The first-order chi connectivity index (χ1) is 9.40. The fraction of sp³-hybridized carbons (Fsp3) is 0.867. The Morgan fingerprint density at radius 3 is 2.45 bits per heavy atom. The molecule has 5 nitrogen and oxygen atoms in total. The Labute approximate surface area is 120 Å². The summed E-state index contributed by atoms with van der Waals surface area (Å²) in [7, 11) is 0. The molecule has 0 saturated heterocycles. The van der Waals surface area contributed by atoms with Gasteiger partial charge in [0.25, 0.3) is 0 Å². The van der Waals surface area contributed by atoms with E-state index in [1.54, 1.807) is 0 Å². The Morgan fingerprint density at radius 2 is 1.95 bits per heavy atom. The molecule has 2 aliphatic carbocycles. The molecule has 5 unspecified atom stereocenters. The maximum absolute atomic E-state index is 12.3. The number of fused-ring (bicyclic) bond motifs is 2. The van der Waals surface area contributed by atoms with Crippen LogP contribution in [0.15, 0.2) is 0 Å². The molecular weight excluding hydrogens is 256 g/mol. The van der Waals surface area contributed by atoms with Crippen molar-refractivity contribution in [2.24, 2.45) is 35.3 Å². The van der Waals surface area contributed by atoms with Gasteiger partial charge in [-0.1, -0.05) is 13.8 Å². The number of carbonyl (C=O) groups excluding carboxylic acids is 1. The Hall–Kier alpha value is -1.10. The van der Waals surface area contributed by atoms with Crippen LogP contribution in [0.5, 0.6) is 0 Å². The number of carboxylic acid groups (broad SMARTS) is 1. The summed E-state index contributed by atoms with van der Waals surface area (Å²) in [5, 5.41) is 12.0. The summed E-state index contributed by atoms with van der Waals surface area (Å²) in [6.45, 7) is 4.19. The molecule has 0 radical (unpaired) electrons. The van der Waals surface area contributed by atoms with Crippen molar-refractivity contribution in [1.82, 2.24) is 5.32 Å². The Balaban J connectivity index is 1.86. The maximum Gasteiger partial charge on any atom is 0.308 e. The predicted octanol–water partition coefficient (Wildman–Crippen LogP) is 1.22. The lowest BCUT2D eigenvalue weighted by Crippen LogP contribution is -2.46. The molecule has 0 heterocycles. The summed E-state index contributed by atoms with van der Waals surface area (Å²) < 4.78 is 0. The van der Waals surface area contributed by atoms with E-state index >= 15 is 0 Å². The molecule has 2 saturated carbocycles. The van der Waals surface area contributed by atoms with Crippen LogP contribution in [0.4, 0.5) is 0 Å². The fourth-order valence-corrected chi connectivity index (χ4v) is 3.91. The van der Waals surface area contributed by atoms with Crippen molar-refractivity contribution < 1.29 is 14.7 Å². The van der Waals surface area contributed by atoms with Crippen LogP contribution in [-0.2, 0) is 9.59 Å². The lowest BCUT2D eigenvalue weighted by Gasteiger charge is -2.27. The molecule has 0 aromatic rings. The van der Waals surface area contributed by atoms with E-state index in [1.165, 1.54) is 0 Å². The van der Waals surface area contributed by atoms with Crippen molar-refractivity contribution in [3.8, 4) is 0 Å². The van der Waals surface area contributed by atoms with Gasteiger partial charge < -0.3 is 16.2 Å². The van der Waals surface area contributed by atoms with Crippen molar-refractivity contribution in [3.63, 3.8) is 0 Å². The van der Waals surface area contributed by atoms with Gasteiger partial charge in [-0.25, -0.2) is 0 Å². The van der Waals surface area contributed by atoms with Crippen LogP contribution in [-0.4, -0.2) is 29.6 Å². The molecule has 4 N–H and O–H groups in total. The van der Waals surface area contributed by atoms with Crippen LogP contribution in [0.25, 0.3) is 0 Å². The normalized spacial score (nSPS) is 33.4. The zero-order valence-electron chi connectivity index (χ0n) is 12.3. The molecule has 5 heteroatoms. The van der Waals surface area contributed by atoms with E-state index in [4.69, 9.17) is 5.73 Å². The number of rotatable bonds is 6. The van der Waals surface area contributed by atoms with Crippen LogP contribution in [0, 0.1) is 29.6 Å². The van der Waals surface area contributed by atoms with Gasteiger partial charge in [0.2, 0.25) is 5.91 Å². The Morgan fingerprint density at radius 1 is 1.30 bits per heavy atom. The molecule has 2 rings (SSSR count). The van der Waals surface area contributed by atoms with Crippen molar-refractivity contribution in [1.29, 1.82) is 0 Å². The van der Waals surface area contributed by atoms with Gasteiger partial charge in [-0.2, -0.15) is 0 Å². The molecule has 0 spiro atoms. The number of aliphatic carboxylic acids is 1. The average Bonchev–Trinajstić information content (AvgIpc) is 2.93. The number of hydrogen-bond donors (Lipinski definition) is 3. The molecule has 0 aromatic heterocycles. The van der Waals surface area contributed by atoms with Gasteiger partial charge in [0.05, 0.1) is 11.8 Å². The molecule has 2 fully saturated rings. The number of hydrogen-bond acceptors (Lipinski definition) is 3. The number of carboxylic acids is 1. The summed E-state index contributed by atoms with van der Waals surface area (Å²) in [4.78, 5) is 23.5. The van der Waals surface area contributed by atoms with E-state index in [1.807, 2.05) is 13.8 Å². The summed E-state index contributed by atoms with van der Waals surface area (Å²) in [6.07, 6.45) is 3.87. The van der Waals surface area contributed by atoms with E-state index in [9.17, 15) is 14.7 Å². The lowest BCUT2D eigenvalue weighted by molar-refractivity contribution is -0.142. The molecule has 0 aliphatic heterocycles. The molecular formula is C15H26N2O3. The highest BCUT2D eigenvalue weighted by Crippen LogP contribution is 2.47. The Bertz CT molecular complexity index is 381. The van der Waals surface area contributed by atoms with Gasteiger partial charge in [-0.05, 0) is 43.4 Å². The summed E-state index contributed by atoms with van der Waals surface area (Å²) in [6, 6.07) is -0.0397. The van der Waals surface area contributed by atoms with Crippen LogP contribution >= 0.6 is 0 Å². The molecule has 0 aromatic carbocycles. The first-order valence-corrected chi connectivity index (χ1v) is 7.66. The predicted molar refractivity (Wildman–Crippen MR) is 75.9 cm³/mol. The monoisotopic (exact) mass is 282 g/mol. The molecule has 1 amide bonds. The van der Waals surface area contributed by atoms with E-state index < -0.39 is 11.9 Å². The van der Waals surface area contributed by atoms with Crippen LogP contribution in [0.2, 0.25) is 0 Å². The minimum atomic E-state index is -0.837. The standard InChI is InChI=1S/C15H26N2O3/c1-8(2)5-11(15(19)20)7-17-14(18)12-9-3-4-10(6-9)13(12)16/h8-13H,3-7,16H2,1-2H3,(H,17,18)(H,19,20). The lowest BCUT2D eigenvalue weighted by atomic mass is 9.84. The third kappa shape index (κ3) is 3.14. The molecule has 5 atom stereocenters. The maximum atomic E-state index is 12.3. The van der Waals surface area contributed by atoms with Crippen molar-refractivity contribution in [2.75, 3.05) is 6.54 Å². The first kappa shape index (κ1) is 15.3. The van der Waals surface area contributed by atoms with Crippen LogP contribution in [0.3, 0.4) is 0 Å². The van der Waals surface area contributed by atoms with Crippen LogP contribution < -0.4 is 11.1 Å². The highest BCUT2D eigenvalue weighted by molar-refractivity contribution is 5.81. The van der Waals surface area contributed by atoms with Gasteiger partial charge in [-0.3, -0.25) is 9.59 Å². The van der Waals surface area contributed by atoms with Crippen LogP contribution in [0.1, 0.15) is 39.5 Å². The van der Waals surface area contributed by atoms with E-state index in [0.717, 1.165) is 19.3 Å². The average molecular weight is 282 g/mol. The number of amides is 1. The van der Waals surface area contributed by atoms with E-state index in [2.05, 4.69) is 5.32 Å². The number of nitrogens with one attached hydrogen (secondary N) is 1. The molecule has 2 aliphatic rings. The highest BCUT2D eigenvalue weighted by Gasteiger charge is 2.49. The van der Waals surface area contributed by atoms with Crippen molar-refractivity contribution in [2.45, 2.75) is 45.6 Å². The van der Waals surface area contributed by atoms with E-state index in [-0.39, 0.29) is 24.4 Å². The third-order valence-electron chi connectivity index (χ3n) is 4.91. The minimum Gasteiger partial charge on any atom is -0.481 e. The fourth-order valence-electron chi connectivity index (χ4n) is 3.91. The largest absolute Gasteiger partial charge is 0.481 e. The highest BCUT2D eigenvalue weighted by atomic mass is 16.4. The third-order valence-corrected chi connectivity index (χ3v) is 4.91. The number of nitrogens with two attached hydrogens (primary N) is 1. The topological polar surface area (TPSA) is 92.4 Å². The Kier molecular flexibility index (Phi) is 4.68. The van der Waals surface area contributed by atoms with Gasteiger partial charge in [0, 0.05) is 12.6 Å². The smallest absolute Gasteiger partial charge is 0.308 e. The summed E-state index contributed by atoms with van der Waals surface area (Å²) >= 11 is 0. The van der Waals surface area contributed by atoms with Crippen molar-refractivity contribution in [3.05, 3.63) is 0 Å². The SMILES string of the molecule is CC(C)CC(CNC(=O)C1C2CCC(C2)C1N)C(=O)O. The second-order valence-electron chi connectivity index (χ2n) is 6.85. The minimum absolute atomic E-state index is 0.0397. The van der Waals surface area contributed by atoms with Crippen molar-refractivity contribution >= 4 is 11.9 Å². The molecule has 114 valence electrons. The summed E-state index contributed by atoms with van der Waals surface area (Å²) in [5.74, 6) is -0.297. The second kappa shape index (κ2) is 6.12. The summed E-state index contributed by atoms with van der Waals surface area (Å²) in [5.41, 5.74) is 6.13.